The first-order valence-electron chi connectivity index (χ1n) is 11.2. The molecule has 1 amide bonds. The fraction of sp³-hybridized carbons (Fsp3) is 0.103. The van der Waals surface area contributed by atoms with Crippen LogP contribution in [-0.2, 0) is 11.4 Å². The van der Waals surface area contributed by atoms with Gasteiger partial charge in [-0.3, -0.25) is 9.69 Å². The summed E-state index contributed by atoms with van der Waals surface area (Å²) < 4.78 is 12.2. The molecule has 4 nitrogen and oxygen atoms in total. The van der Waals surface area contributed by atoms with E-state index in [9.17, 15) is 4.79 Å². The van der Waals surface area contributed by atoms with Gasteiger partial charge in [-0.05, 0) is 64.7 Å². The molecule has 174 valence electrons. The van der Waals surface area contributed by atoms with Crippen LogP contribution >= 0.6 is 24.0 Å². The molecule has 0 atom stereocenters. The minimum atomic E-state index is -0.124. The largest absolute Gasteiger partial charge is 0.493 e. The van der Waals surface area contributed by atoms with E-state index < -0.39 is 0 Å². The number of hydrogen-bond acceptors (Lipinski definition) is 5. The maximum atomic E-state index is 13.1. The molecule has 0 radical (unpaired) electrons. The number of hydrogen-bond donors (Lipinski definition) is 0. The number of carbonyl (C=O) groups excluding carboxylic acids is 1. The second-order valence-corrected chi connectivity index (χ2v) is 9.87. The van der Waals surface area contributed by atoms with Gasteiger partial charge >= 0.3 is 0 Å². The summed E-state index contributed by atoms with van der Waals surface area (Å²) in [7, 11) is 1.61. The lowest BCUT2D eigenvalue weighted by Crippen LogP contribution is -2.27. The van der Waals surface area contributed by atoms with Crippen LogP contribution in [-0.4, -0.2) is 17.3 Å². The molecule has 1 saturated heterocycles. The first kappa shape index (κ1) is 23.1. The molecule has 0 unspecified atom stereocenters. The van der Waals surface area contributed by atoms with Crippen molar-refractivity contribution in [1.82, 2.24) is 0 Å². The molecule has 0 spiro atoms. The van der Waals surface area contributed by atoms with Gasteiger partial charge in [0, 0.05) is 0 Å². The van der Waals surface area contributed by atoms with Crippen molar-refractivity contribution in [3.63, 3.8) is 0 Å². The van der Waals surface area contributed by atoms with E-state index in [-0.39, 0.29) is 5.91 Å². The zero-order valence-electron chi connectivity index (χ0n) is 19.4. The highest BCUT2D eigenvalue weighted by atomic mass is 32.2. The molecule has 6 heteroatoms. The minimum absolute atomic E-state index is 0.124. The summed E-state index contributed by atoms with van der Waals surface area (Å²) in [5.41, 5.74) is 3.80. The topological polar surface area (TPSA) is 38.8 Å². The van der Waals surface area contributed by atoms with Crippen molar-refractivity contribution in [2.45, 2.75) is 13.5 Å². The third-order valence-electron chi connectivity index (χ3n) is 5.80. The Bertz CT molecular complexity index is 1470. The van der Waals surface area contributed by atoms with E-state index in [1.807, 2.05) is 73.7 Å². The standard InChI is InChI=1S/C29H23NO3S2/c1-19-7-5-11-23(15-19)30-28(31)27(35-29(30)34)17-20-13-14-25(26(16-20)32-2)33-18-22-10-6-9-21-8-3-4-12-24(21)22/h3-17H,18H2,1-2H3/b27-17+. The number of thioether (sulfide) groups is 1. The fourth-order valence-corrected chi connectivity index (χ4v) is 5.37. The van der Waals surface area contributed by atoms with Gasteiger partial charge in [-0.2, -0.15) is 0 Å². The van der Waals surface area contributed by atoms with Crippen LogP contribution < -0.4 is 14.4 Å². The lowest BCUT2D eigenvalue weighted by molar-refractivity contribution is -0.113. The third kappa shape index (κ3) is 4.81. The van der Waals surface area contributed by atoms with E-state index in [4.69, 9.17) is 21.7 Å². The number of anilines is 1. The van der Waals surface area contributed by atoms with Crippen LogP contribution in [0.15, 0.2) is 89.8 Å². The summed E-state index contributed by atoms with van der Waals surface area (Å²) in [5.74, 6) is 1.12. The molecular weight excluding hydrogens is 474 g/mol. The number of fused-ring (bicyclic) bond motifs is 1. The normalized spacial score (nSPS) is 14.7. The van der Waals surface area contributed by atoms with Gasteiger partial charge < -0.3 is 9.47 Å². The van der Waals surface area contributed by atoms with Gasteiger partial charge in [0.25, 0.3) is 5.91 Å². The molecule has 5 rings (SSSR count). The maximum absolute atomic E-state index is 13.1. The van der Waals surface area contributed by atoms with Gasteiger partial charge in [0.2, 0.25) is 0 Å². The summed E-state index contributed by atoms with van der Waals surface area (Å²) >= 11 is 6.80. The molecule has 0 aromatic heterocycles. The molecule has 35 heavy (non-hydrogen) atoms. The summed E-state index contributed by atoms with van der Waals surface area (Å²) in [6.45, 7) is 2.42. The van der Waals surface area contributed by atoms with Crippen molar-refractivity contribution < 1.29 is 14.3 Å². The zero-order valence-corrected chi connectivity index (χ0v) is 21.0. The van der Waals surface area contributed by atoms with Gasteiger partial charge in [-0.25, -0.2) is 0 Å². The monoisotopic (exact) mass is 497 g/mol. The van der Waals surface area contributed by atoms with E-state index in [1.165, 1.54) is 22.5 Å². The molecule has 1 fully saturated rings. The van der Waals surface area contributed by atoms with E-state index in [1.54, 1.807) is 12.0 Å². The number of methoxy groups -OCH3 is 1. The van der Waals surface area contributed by atoms with E-state index in [0.29, 0.717) is 27.3 Å². The van der Waals surface area contributed by atoms with Gasteiger partial charge in [-0.15, -0.1) is 0 Å². The average Bonchev–Trinajstić information content (AvgIpc) is 3.15. The smallest absolute Gasteiger partial charge is 0.270 e. The van der Waals surface area contributed by atoms with E-state index >= 15 is 0 Å². The zero-order chi connectivity index (χ0) is 24.4. The maximum Gasteiger partial charge on any atom is 0.270 e. The first-order valence-corrected chi connectivity index (χ1v) is 12.4. The van der Waals surface area contributed by atoms with Crippen LogP contribution in [0, 0.1) is 6.92 Å². The number of ether oxygens (including phenoxy) is 2. The number of benzene rings is 4. The first-order chi connectivity index (χ1) is 17.0. The molecule has 4 aromatic rings. The number of aryl methyl sites for hydroxylation is 1. The summed E-state index contributed by atoms with van der Waals surface area (Å²) in [5, 5.41) is 2.35. The van der Waals surface area contributed by atoms with Crippen LogP contribution in [0.25, 0.3) is 16.8 Å². The second-order valence-electron chi connectivity index (χ2n) is 8.19. The Morgan fingerprint density at radius 2 is 1.74 bits per heavy atom. The highest BCUT2D eigenvalue weighted by Crippen LogP contribution is 2.37. The molecular formula is C29H23NO3S2. The Balaban J connectivity index is 1.36. The fourth-order valence-electron chi connectivity index (χ4n) is 4.08. The number of thiocarbonyl (C=S) groups is 1. The minimum Gasteiger partial charge on any atom is -0.493 e. The Kier molecular flexibility index (Phi) is 6.57. The summed E-state index contributed by atoms with van der Waals surface area (Å²) in [6.07, 6.45) is 1.84. The molecule has 1 heterocycles. The van der Waals surface area contributed by atoms with Crippen molar-refractivity contribution in [1.29, 1.82) is 0 Å². The van der Waals surface area contributed by atoms with Crippen molar-refractivity contribution in [3.05, 3.63) is 107 Å². The molecule has 1 aliphatic heterocycles. The van der Waals surface area contributed by atoms with Crippen LogP contribution in [0.3, 0.4) is 0 Å². The number of rotatable bonds is 6. The van der Waals surface area contributed by atoms with E-state index in [2.05, 4.69) is 24.3 Å². The average molecular weight is 498 g/mol. The Hall–Kier alpha value is -3.61. The Morgan fingerprint density at radius 1 is 0.943 bits per heavy atom. The molecule has 0 saturated carbocycles. The second kappa shape index (κ2) is 9.94. The Labute approximate surface area is 214 Å². The highest BCUT2D eigenvalue weighted by Gasteiger charge is 2.33. The van der Waals surface area contributed by atoms with Gasteiger partial charge in [0.05, 0.1) is 17.7 Å². The van der Waals surface area contributed by atoms with Crippen molar-refractivity contribution in [3.8, 4) is 11.5 Å². The quantitative estimate of drug-likeness (QED) is 0.209. The van der Waals surface area contributed by atoms with Crippen molar-refractivity contribution in [2.24, 2.45) is 0 Å². The third-order valence-corrected chi connectivity index (χ3v) is 7.10. The number of nitrogens with zero attached hydrogens (tertiary/aromatic N) is 1. The molecule has 0 aliphatic carbocycles. The van der Waals surface area contributed by atoms with Gasteiger partial charge in [-0.1, -0.05) is 84.6 Å². The predicted octanol–water partition coefficient (Wildman–Crippen LogP) is 7.14. The Morgan fingerprint density at radius 3 is 2.57 bits per heavy atom. The number of amides is 1. The molecule has 4 aromatic carbocycles. The van der Waals surface area contributed by atoms with Crippen molar-refractivity contribution >= 4 is 56.7 Å². The SMILES string of the molecule is COc1cc(/C=C2/SC(=S)N(c3cccc(C)c3)C2=O)ccc1OCc1cccc2ccccc12. The molecule has 0 bridgehead atoms. The van der Waals surface area contributed by atoms with Crippen LogP contribution in [0.1, 0.15) is 16.7 Å². The highest BCUT2D eigenvalue weighted by molar-refractivity contribution is 8.27. The van der Waals surface area contributed by atoms with Gasteiger partial charge in [0.15, 0.2) is 15.8 Å². The van der Waals surface area contributed by atoms with Crippen molar-refractivity contribution in [2.75, 3.05) is 12.0 Å². The number of carbonyl (C=O) groups is 1. The lowest BCUT2D eigenvalue weighted by atomic mass is 10.1. The summed E-state index contributed by atoms with van der Waals surface area (Å²) in [4.78, 5) is 15.3. The predicted molar refractivity (Wildman–Crippen MR) is 148 cm³/mol. The van der Waals surface area contributed by atoms with Gasteiger partial charge in [0.1, 0.15) is 6.61 Å². The summed E-state index contributed by atoms with van der Waals surface area (Å²) in [6, 6.07) is 27.9. The molecule has 0 N–H and O–H groups in total. The lowest BCUT2D eigenvalue weighted by Gasteiger charge is -2.15. The van der Waals surface area contributed by atoms with Crippen LogP contribution in [0.4, 0.5) is 5.69 Å². The van der Waals surface area contributed by atoms with Crippen LogP contribution in [0.2, 0.25) is 0 Å². The van der Waals surface area contributed by atoms with E-state index in [0.717, 1.165) is 22.4 Å². The molecule has 1 aliphatic rings. The van der Waals surface area contributed by atoms with Crippen LogP contribution in [0.5, 0.6) is 11.5 Å².